The normalized spacial score (nSPS) is 11.8. The highest BCUT2D eigenvalue weighted by Crippen LogP contribution is 2.41. The predicted octanol–water partition coefficient (Wildman–Crippen LogP) is 1.15. The van der Waals surface area contributed by atoms with Crippen LogP contribution in [0.2, 0.25) is 0 Å². The van der Waals surface area contributed by atoms with Crippen LogP contribution >= 0.6 is 0 Å². The average molecular weight is 297 g/mol. The van der Waals surface area contributed by atoms with Gasteiger partial charge in [-0.1, -0.05) is 6.07 Å². The number of hydrogen-bond donors (Lipinski definition) is 3. The Balaban J connectivity index is 1.99. The zero-order valence-corrected chi connectivity index (χ0v) is 11.8. The molecule has 2 aromatic rings. The third kappa shape index (κ3) is 2.25. The molecular weight excluding hydrogens is 282 g/mol. The minimum absolute atomic E-state index is 0.0673. The molecule has 1 aromatic heterocycles. The third-order valence-electron chi connectivity index (χ3n) is 3.44. The van der Waals surface area contributed by atoms with Crippen LogP contribution in [-0.4, -0.2) is 18.1 Å². The number of pyridine rings is 1. The second-order valence-corrected chi connectivity index (χ2v) is 4.87. The Morgan fingerprint density at radius 3 is 2.91 bits per heavy atom. The number of fused-ring (bicyclic) bond motifs is 2. The molecule has 22 heavy (non-hydrogen) atoms. The van der Waals surface area contributed by atoms with Crippen LogP contribution in [0.3, 0.4) is 0 Å². The Morgan fingerprint density at radius 2 is 2.18 bits per heavy atom. The van der Waals surface area contributed by atoms with Gasteiger partial charge in [-0.25, -0.2) is 0 Å². The molecule has 0 radical (unpaired) electrons. The van der Waals surface area contributed by atoms with E-state index >= 15 is 0 Å². The average Bonchev–Trinajstić information content (AvgIpc) is 2.51. The maximum atomic E-state index is 9.10. The summed E-state index contributed by atoms with van der Waals surface area (Å²) in [4.78, 5) is 4.13. The van der Waals surface area contributed by atoms with Crippen molar-refractivity contribution in [2.75, 3.05) is 24.6 Å². The molecule has 1 aromatic carbocycles. The highest BCUT2D eigenvalue weighted by atomic mass is 16.5. The number of ether oxygens (including phenoxy) is 2. The van der Waals surface area contributed by atoms with Crippen molar-refractivity contribution in [3.05, 3.63) is 34.9 Å². The monoisotopic (exact) mass is 297 g/mol. The van der Waals surface area contributed by atoms with Crippen LogP contribution in [0.4, 0.5) is 11.5 Å². The number of nitriles is 1. The van der Waals surface area contributed by atoms with E-state index in [1.807, 2.05) is 18.2 Å². The lowest BCUT2D eigenvalue weighted by molar-refractivity contribution is 0.325. The minimum Gasteiger partial charge on any atom is -0.492 e. The van der Waals surface area contributed by atoms with Crippen molar-refractivity contribution < 1.29 is 9.47 Å². The summed E-state index contributed by atoms with van der Waals surface area (Å²) in [5.74, 6) is 1.70. The highest BCUT2D eigenvalue weighted by molar-refractivity contribution is 5.72. The van der Waals surface area contributed by atoms with Gasteiger partial charge >= 0.3 is 0 Å². The molecule has 0 aliphatic carbocycles. The number of nitrogens with two attached hydrogens (primary N) is 3. The summed E-state index contributed by atoms with van der Waals surface area (Å²) in [5.41, 5.74) is 19.3. The van der Waals surface area contributed by atoms with Gasteiger partial charge in [0.2, 0.25) is 5.88 Å². The standard InChI is InChI=1S/C15H15N5O2/c16-3-4-21-9-2-1-8-5-10-13(18)11(7-17)14(19)20-15(10)22-12(8)6-9/h1-2,6H,3-5,16H2,(H4,18,19,20). The number of benzene rings is 1. The molecule has 6 N–H and O–H groups in total. The van der Waals surface area contributed by atoms with Gasteiger partial charge in [-0.2, -0.15) is 10.2 Å². The number of rotatable bonds is 3. The first-order chi connectivity index (χ1) is 10.6. The van der Waals surface area contributed by atoms with Gasteiger partial charge in [0.15, 0.2) is 0 Å². The van der Waals surface area contributed by atoms with Crippen molar-refractivity contribution in [3.63, 3.8) is 0 Å². The largest absolute Gasteiger partial charge is 0.492 e. The molecule has 0 unspecified atom stereocenters. The van der Waals surface area contributed by atoms with E-state index in [1.54, 1.807) is 6.07 Å². The molecule has 1 aliphatic rings. The van der Waals surface area contributed by atoms with Crippen LogP contribution in [0.1, 0.15) is 16.7 Å². The van der Waals surface area contributed by atoms with Crippen molar-refractivity contribution in [1.29, 1.82) is 5.26 Å². The van der Waals surface area contributed by atoms with Gasteiger partial charge in [0.25, 0.3) is 0 Å². The van der Waals surface area contributed by atoms with E-state index in [-0.39, 0.29) is 11.4 Å². The van der Waals surface area contributed by atoms with E-state index in [9.17, 15) is 0 Å². The second-order valence-electron chi connectivity index (χ2n) is 4.87. The van der Waals surface area contributed by atoms with Crippen molar-refractivity contribution in [2.45, 2.75) is 6.42 Å². The van der Waals surface area contributed by atoms with Crippen LogP contribution in [0.5, 0.6) is 17.4 Å². The summed E-state index contributed by atoms with van der Waals surface area (Å²) in [6.07, 6.45) is 0.523. The Hall–Kier alpha value is -2.98. The first kappa shape index (κ1) is 14.0. The third-order valence-corrected chi connectivity index (χ3v) is 3.44. The van der Waals surface area contributed by atoms with Crippen molar-refractivity contribution in [1.82, 2.24) is 4.98 Å². The Morgan fingerprint density at radius 1 is 1.36 bits per heavy atom. The molecule has 0 bridgehead atoms. The van der Waals surface area contributed by atoms with E-state index in [0.29, 0.717) is 48.2 Å². The van der Waals surface area contributed by atoms with Crippen LogP contribution in [0.25, 0.3) is 0 Å². The van der Waals surface area contributed by atoms with E-state index in [1.165, 1.54) is 0 Å². The Labute approximate surface area is 127 Å². The van der Waals surface area contributed by atoms with Crippen LogP contribution in [0, 0.1) is 11.3 Å². The molecule has 0 amide bonds. The Bertz CT molecular complexity index is 782. The summed E-state index contributed by atoms with van der Waals surface area (Å²) in [5, 5.41) is 9.10. The first-order valence-corrected chi connectivity index (χ1v) is 6.75. The summed E-state index contributed by atoms with van der Waals surface area (Å²) in [6.45, 7) is 0.866. The lowest BCUT2D eigenvalue weighted by Crippen LogP contribution is -2.13. The molecule has 2 heterocycles. The second kappa shape index (κ2) is 5.42. The molecular formula is C15H15N5O2. The number of anilines is 2. The topological polar surface area (TPSA) is 133 Å². The van der Waals surface area contributed by atoms with Gasteiger partial charge in [0, 0.05) is 24.6 Å². The van der Waals surface area contributed by atoms with E-state index in [2.05, 4.69) is 4.98 Å². The fourth-order valence-electron chi connectivity index (χ4n) is 2.35. The highest BCUT2D eigenvalue weighted by Gasteiger charge is 2.24. The fourth-order valence-corrected chi connectivity index (χ4v) is 2.35. The zero-order valence-electron chi connectivity index (χ0n) is 11.8. The van der Waals surface area contributed by atoms with Gasteiger partial charge in [0.1, 0.15) is 35.6 Å². The smallest absolute Gasteiger partial charge is 0.226 e. The number of nitrogens with zero attached hydrogens (tertiary/aromatic N) is 2. The van der Waals surface area contributed by atoms with Crippen LogP contribution in [0.15, 0.2) is 18.2 Å². The lowest BCUT2D eigenvalue weighted by Gasteiger charge is -2.22. The van der Waals surface area contributed by atoms with Gasteiger partial charge in [0.05, 0.1) is 5.69 Å². The van der Waals surface area contributed by atoms with Gasteiger partial charge in [-0.15, -0.1) is 0 Å². The quantitative estimate of drug-likeness (QED) is 0.660. The molecule has 0 atom stereocenters. The summed E-state index contributed by atoms with van der Waals surface area (Å²) >= 11 is 0. The van der Waals surface area contributed by atoms with E-state index < -0.39 is 0 Å². The fraction of sp³-hybridized carbons (Fsp3) is 0.200. The van der Waals surface area contributed by atoms with E-state index in [4.69, 9.17) is 31.9 Å². The van der Waals surface area contributed by atoms with Gasteiger partial charge in [-0.3, -0.25) is 0 Å². The molecule has 0 fully saturated rings. The molecule has 7 heteroatoms. The van der Waals surface area contributed by atoms with Crippen LogP contribution < -0.4 is 26.7 Å². The summed E-state index contributed by atoms with van der Waals surface area (Å²) < 4.78 is 11.2. The Kier molecular flexibility index (Phi) is 3.45. The maximum absolute atomic E-state index is 9.10. The molecule has 1 aliphatic heterocycles. The maximum Gasteiger partial charge on any atom is 0.226 e. The predicted molar refractivity (Wildman–Crippen MR) is 81.6 cm³/mol. The summed E-state index contributed by atoms with van der Waals surface area (Å²) in [7, 11) is 0. The van der Waals surface area contributed by atoms with Crippen LogP contribution in [-0.2, 0) is 6.42 Å². The molecule has 0 saturated heterocycles. The van der Waals surface area contributed by atoms with Crippen molar-refractivity contribution in [2.24, 2.45) is 5.73 Å². The molecule has 3 rings (SSSR count). The molecule has 112 valence electrons. The zero-order chi connectivity index (χ0) is 15.7. The number of aromatic nitrogens is 1. The number of hydrogen-bond acceptors (Lipinski definition) is 7. The summed E-state index contributed by atoms with van der Waals surface area (Å²) in [6, 6.07) is 7.49. The van der Waals surface area contributed by atoms with Gasteiger partial charge < -0.3 is 26.7 Å². The van der Waals surface area contributed by atoms with Gasteiger partial charge in [-0.05, 0) is 11.6 Å². The molecule has 0 spiro atoms. The van der Waals surface area contributed by atoms with E-state index in [0.717, 1.165) is 5.56 Å². The SMILES string of the molecule is N#Cc1c(N)nc2c(c1N)Cc1ccc(OCCN)cc1O2. The van der Waals surface area contributed by atoms with Crippen molar-refractivity contribution in [3.8, 4) is 23.4 Å². The molecule has 7 nitrogen and oxygen atoms in total. The first-order valence-electron chi connectivity index (χ1n) is 6.75. The van der Waals surface area contributed by atoms with Crippen molar-refractivity contribution >= 4 is 11.5 Å². The number of nitrogen functional groups attached to an aromatic ring is 2. The minimum atomic E-state index is 0.0673. The lowest BCUT2D eigenvalue weighted by atomic mass is 9.99. The molecule has 0 saturated carbocycles.